The van der Waals surface area contributed by atoms with E-state index in [0.29, 0.717) is 5.96 Å². The van der Waals surface area contributed by atoms with Crippen LogP contribution in [-0.4, -0.2) is 49.5 Å². The van der Waals surface area contributed by atoms with E-state index < -0.39 is 0 Å². The quantitative estimate of drug-likeness (QED) is 0.620. The molecule has 1 saturated heterocycles. The zero-order valence-electron chi connectivity index (χ0n) is 14.3. The number of aliphatic imine (C=N–C) groups is 1. The first-order chi connectivity index (χ1) is 11.2. The average molecular weight is 316 g/mol. The van der Waals surface area contributed by atoms with Crippen LogP contribution in [-0.2, 0) is 11.2 Å². The van der Waals surface area contributed by atoms with Crippen molar-refractivity contribution >= 4 is 11.9 Å². The normalized spacial score (nSPS) is 14.9. The summed E-state index contributed by atoms with van der Waals surface area (Å²) in [6.45, 7) is 7.69. The van der Waals surface area contributed by atoms with E-state index in [2.05, 4.69) is 46.8 Å². The topological polar surface area (TPSA) is 56.7 Å². The van der Waals surface area contributed by atoms with Crippen molar-refractivity contribution in [2.24, 2.45) is 4.99 Å². The van der Waals surface area contributed by atoms with Crippen LogP contribution in [0.5, 0.6) is 0 Å². The second-order valence-electron chi connectivity index (χ2n) is 5.95. The van der Waals surface area contributed by atoms with Crippen LogP contribution in [0, 0.1) is 6.92 Å². The molecule has 0 atom stereocenters. The Hall–Kier alpha value is -2.04. The van der Waals surface area contributed by atoms with Crippen molar-refractivity contribution in [1.29, 1.82) is 0 Å². The summed E-state index contributed by atoms with van der Waals surface area (Å²) in [7, 11) is 0. The van der Waals surface area contributed by atoms with E-state index >= 15 is 0 Å². The largest absolute Gasteiger partial charge is 0.357 e. The number of rotatable bonds is 6. The third-order valence-corrected chi connectivity index (χ3v) is 4.00. The second kappa shape index (κ2) is 9.18. The minimum absolute atomic E-state index is 0.123. The van der Waals surface area contributed by atoms with Gasteiger partial charge in [0.2, 0.25) is 5.91 Å². The zero-order valence-corrected chi connectivity index (χ0v) is 14.3. The SMILES string of the molecule is CCNC(=NCC(=O)N1CCCC1)NCCc1ccc(C)cc1. The van der Waals surface area contributed by atoms with Crippen molar-refractivity contribution in [1.82, 2.24) is 15.5 Å². The van der Waals surface area contributed by atoms with Gasteiger partial charge in [-0.15, -0.1) is 0 Å². The van der Waals surface area contributed by atoms with Gasteiger partial charge in [0, 0.05) is 26.2 Å². The van der Waals surface area contributed by atoms with Crippen molar-refractivity contribution in [3.05, 3.63) is 35.4 Å². The summed E-state index contributed by atoms with van der Waals surface area (Å²) in [6, 6.07) is 8.56. The maximum atomic E-state index is 12.0. The maximum Gasteiger partial charge on any atom is 0.244 e. The number of likely N-dealkylation sites (tertiary alicyclic amines) is 1. The number of nitrogens with zero attached hydrogens (tertiary/aromatic N) is 2. The Labute approximate surface area is 139 Å². The summed E-state index contributed by atoms with van der Waals surface area (Å²) in [5.74, 6) is 0.838. The van der Waals surface area contributed by atoms with Crippen LogP contribution in [0.15, 0.2) is 29.3 Å². The minimum Gasteiger partial charge on any atom is -0.357 e. The summed E-state index contributed by atoms with van der Waals surface area (Å²) in [4.78, 5) is 18.4. The molecule has 0 bridgehead atoms. The first-order valence-electron chi connectivity index (χ1n) is 8.54. The fourth-order valence-corrected chi connectivity index (χ4v) is 2.63. The maximum absolute atomic E-state index is 12.0. The first kappa shape index (κ1) is 17.3. The van der Waals surface area contributed by atoms with E-state index in [-0.39, 0.29) is 12.5 Å². The van der Waals surface area contributed by atoms with Crippen LogP contribution in [0.25, 0.3) is 0 Å². The first-order valence-corrected chi connectivity index (χ1v) is 8.54. The van der Waals surface area contributed by atoms with Crippen LogP contribution in [0.1, 0.15) is 30.9 Å². The van der Waals surface area contributed by atoms with Gasteiger partial charge < -0.3 is 15.5 Å². The van der Waals surface area contributed by atoms with Crippen molar-refractivity contribution in [2.45, 2.75) is 33.1 Å². The smallest absolute Gasteiger partial charge is 0.244 e. The van der Waals surface area contributed by atoms with Crippen molar-refractivity contribution in [3.8, 4) is 0 Å². The Morgan fingerprint density at radius 3 is 2.52 bits per heavy atom. The molecular weight excluding hydrogens is 288 g/mol. The van der Waals surface area contributed by atoms with Gasteiger partial charge in [0.15, 0.2) is 5.96 Å². The molecule has 0 aromatic heterocycles. The van der Waals surface area contributed by atoms with Crippen LogP contribution in [0.3, 0.4) is 0 Å². The van der Waals surface area contributed by atoms with E-state index in [1.807, 2.05) is 11.8 Å². The van der Waals surface area contributed by atoms with Gasteiger partial charge >= 0.3 is 0 Å². The number of carbonyl (C=O) groups is 1. The van der Waals surface area contributed by atoms with Crippen molar-refractivity contribution in [3.63, 3.8) is 0 Å². The standard InChI is InChI=1S/C18H28N4O/c1-3-19-18(21-14-17(23)22-12-4-5-13-22)20-11-10-16-8-6-15(2)7-9-16/h6-9H,3-5,10-14H2,1-2H3,(H2,19,20,21). The van der Waals surface area contributed by atoms with E-state index in [9.17, 15) is 4.79 Å². The Balaban J connectivity index is 1.78. The monoisotopic (exact) mass is 316 g/mol. The number of benzene rings is 1. The molecule has 0 radical (unpaired) electrons. The zero-order chi connectivity index (χ0) is 16.5. The van der Waals surface area contributed by atoms with Gasteiger partial charge in [-0.25, -0.2) is 4.99 Å². The molecule has 1 aromatic rings. The molecule has 126 valence electrons. The van der Waals surface area contributed by atoms with E-state index in [1.54, 1.807) is 0 Å². The lowest BCUT2D eigenvalue weighted by atomic mass is 10.1. The third-order valence-electron chi connectivity index (χ3n) is 4.00. The fraction of sp³-hybridized carbons (Fsp3) is 0.556. The van der Waals surface area contributed by atoms with Crippen LogP contribution >= 0.6 is 0 Å². The second-order valence-corrected chi connectivity index (χ2v) is 5.95. The lowest BCUT2D eigenvalue weighted by molar-refractivity contribution is -0.128. The van der Waals surface area contributed by atoms with E-state index in [4.69, 9.17) is 0 Å². The Kier molecular flexibility index (Phi) is 6.91. The summed E-state index contributed by atoms with van der Waals surface area (Å²) in [5, 5.41) is 6.49. The molecule has 1 aliphatic heterocycles. The molecule has 1 fully saturated rings. The molecular formula is C18H28N4O. The van der Waals surface area contributed by atoms with Gasteiger partial charge in [-0.3, -0.25) is 4.79 Å². The highest BCUT2D eigenvalue weighted by Crippen LogP contribution is 2.07. The molecule has 23 heavy (non-hydrogen) atoms. The molecule has 1 heterocycles. The van der Waals surface area contributed by atoms with Gasteiger partial charge in [0.25, 0.3) is 0 Å². The van der Waals surface area contributed by atoms with Gasteiger partial charge in [-0.2, -0.15) is 0 Å². The number of amides is 1. The molecule has 5 nitrogen and oxygen atoms in total. The molecule has 1 aromatic carbocycles. The summed E-state index contributed by atoms with van der Waals surface area (Å²) in [5.41, 5.74) is 2.57. The molecule has 0 unspecified atom stereocenters. The number of guanidine groups is 1. The summed E-state index contributed by atoms with van der Waals surface area (Å²) >= 11 is 0. The van der Waals surface area contributed by atoms with Crippen LogP contribution < -0.4 is 10.6 Å². The van der Waals surface area contributed by atoms with Gasteiger partial charge in [-0.1, -0.05) is 29.8 Å². The van der Waals surface area contributed by atoms with Gasteiger partial charge in [0.1, 0.15) is 6.54 Å². The average Bonchev–Trinajstić information content (AvgIpc) is 3.08. The van der Waals surface area contributed by atoms with Gasteiger partial charge in [0.05, 0.1) is 0 Å². The molecule has 0 saturated carbocycles. The highest BCUT2D eigenvalue weighted by atomic mass is 16.2. The van der Waals surface area contributed by atoms with Crippen LogP contribution in [0.4, 0.5) is 0 Å². The highest BCUT2D eigenvalue weighted by molar-refractivity contribution is 5.85. The Morgan fingerprint density at radius 1 is 1.17 bits per heavy atom. The molecule has 0 aliphatic carbocycles. The van der Waals surface area contributed by atoms with Crippen molar-refractivity contribution in [2.75, 3.05) is 32.7 Å². The summed E-state index contributed by atoms with van der Waals surface area (Å²) < 4.78 is 0. The predicted octanol–water partition coefficient (Wildman–Crippen LogP) is 1.72. The summed E-state index contributed by atoms with van der Waals surface area (Å²) in [6.07, 6.45) is 3.17. The molecule has 1 aliphatic rings. The Morgan fingerprint density at radius 2 is 1.87 bits per heavy atom. The third kappa shape index (κ3) is 5.93. The lowest BCUT2D eigenvalue weighted by Gasteiger charge is -2.15. The van der Waals surface area contributed by atoms with Crippen LogP contribution in [0.2, 0.25) is 0 Å². The Bertz CT molecular complexity index is 518. The predicted molar refractivity (Wildman–Crippen MR) is 94.7 cm³/mol. The van der Waals surface area contributed by atoms with E-state index in [1.165, 1.54) is 11.1 Å². The van der Waals surface area contributed by atoms with Gasteiger partial charge in [-0.05, 0) is 38.7 Å². The molecule has 5 heteroatoms. The molecule has 0 spiro atoms. The highest BCUT2D eigenvalue weighted by Gasteiger charge is 2.17. The van der Waals surface area contributed by atoms with Crippen molar-refractivity contribution < 1.29 is 4.79 Å². The molecule has 2 N–H and O–H groups in total. The number of nitrogens with one attached hydrogen (secondary N) is 2. The molecule has 2 rings (SSSR count). The molecule has 1 amide bonds. The lowest BCUT2D eigenvalue weighted by Crippen LogP contribution is -2.39. The minimum atomic E-state index is 0.123. The fourth-order valence-electron chi connectivity index (χ4n) is 2.63. The number of hydrogen-bond donors (Lipinski definition) is 2. The number of carbonyl (C=O) groups excluding carboxylic acids is 1. The van der Waals surface area contributed by atoms with E-state index in [0.717, 1.165) is 45.4 Å². The number of aryl methyl sites for hydroxylation is 1. The number of hydrogen-bond acceptors (Lipinski definition) is 2.